The molecule has 0 unspecified atom stereocenters. The molecule has 1 N–H and O–H groups in total. The van der Waals surface area contributed by atoms with Gasteiger partial charge in [-0.3, -0.25) is 10.1 Å². The molecule has 0 saturated heterocycles. The summed E-state index contributed by atoms with van der Waals surface area (Å²) in [6.45, 7) is 7.43. The van der Waals surface area contributed by atoms with Gasteiger partial charge < -0.3 is 4.42 Å². The second-order valence-electron chi connectivity index (χ2n) is 3.79. The van der Waals surface area contributed by atoms with Crippen molar-refractivity contribution in [2.24, 2.45) is 5.92 Å². The zero-order valence-electron chi connectivity index (χ0n) is 9.05. The number of nitrogens with one attached hydrogen (secondary N) is 1. The molecule has 0 aromatic carbocycles. The van der Waals surface area contributed by atoms with E-state index in [4.69, 9.17) is 4.42 Å². The van der Waals surface area contributed by atoms with Crippen molar-refractivity contribution < 1.29 is 9.21 Å². The molecule has 0 fully saturated rings. The van der Waals surface area contributed by atoms with Crippen molar-refractivity contribution in [1.29, 1.82) is 0 Å². The van der Waals surface area contributed by atoms with Crippen molar-refractivity contribution in [3.05, 3.63) is 11.6 Å². The molecule has 78 valence electrons. The molecule has 14 heavy (non-hydrogen) atoms. The maximum atomic E-state index is 10.9. The van der Waals surface area contributed by atoms with Crippen molar-refractivity contribution in [2.75, 3.05) is 5.32 Å². The van der Waals surface area contributed by atoms with E-state index in [1.165, 1.54) is 6.92 Å². The SMILES string of the molecule is CC(=O)Nc1oc(C)nc1CC(C)C. The number of hydrogen-bond acceptors (Lipinski definition) is 3. The summed E-state index contributed by atoms with van der Waals surface area (Å²) in [5.41, 5.74) is 0.827. The molecule has 4 heteroatoms. The fraction of sp³-hybridized carbons (Fsp3) is 0.600. The Balaban J connectivity index is 2.85. The molecule has 0 aliphatic heterocycles. The van der Waals surface area contributed by atoms with E-state index in [1.807, 2.05) is 0 Å². The van der Waals surface area contributed by atoms with Gasteiger partial charge >= 0.3 is 0 Å². The highest BCUT2D eigenvalue weighted by atomic mass is 16.4. The van der Waals surface area contributed by atoms with E-state index < -0.39 is 0 Å². The van der Waals surface area contributed by atoms with Crippen LogP contribution >= 0.6 is 0 Å². The van der Waals surface area contributed by atoms with Gasteiger partial charge in [-0.15, -0.1) is 0 Å². The van der Waals surface area contributed by atoms with Crippen molar-refractivity contribution in [3.8, 4) is 0 Å². The standard InChI is InChI=1S/C10H16N2O2/c1-6(2)5-9-10(11-7(3)13)14-8(4)12-9/h6H,5H2,1-4H3,(H,11,13). The Morgan fingerprint density at radius 2 is 2.21 bits per heavy atom. The fourth-order valence-electron chi connectivity index (χ4n) is 1.25. The van der Waals surface area contributed by atoms with E-state index >= 15 is 0 Å². The third-order valence-corrected chi connectivity index (χ3v) is 1.70. The summed E-state index contributed by atoms with van der Waals surface area (Å²) < 4.78 is 5.28. The lowest BCUT2D eigenvalue weighted by molar-refractivity contribution is -0.114. The first-order chi connectivity index (χ1) is 6.49. The summed E-state index contributed by atoms with van der Waals surface area (Å²) in [5.74, 6) is 1.44. The van der Waals surface area contributed by atoms with Crippen LogP contribution in [0.15, 0.2) is 4.42 Å². The first-order valence-electron chi connectivity index (χ1n) is 4.73. The minimum Gasteiger partial charge on any atom is -0.425 e. The van der Waals surface area contributed by atoms with Crippen LogP contribution in [0.5, 0.6) is 0 Å². The average Bonchev–Trinajstić information content (AvgIpc) is 2.28. The van der Waals surface area contributed by atoms with Crippen LogP contribution in [0.2, 0.25) is 0 Å². The quantitative estimate of drug-likeness (QED) is 0.805. The summed E-state index contributed by atoms with van der Waals surface area (Å²) in [7, 11) is 0. The van der Waals surface area contributed by atoms with Gasteiger partial charge in [0.05, 0.1) is 0 Å². The lowest BCUT2D eigenvalue weighted by Crippen LogP contribution is -2.08. The van der Waals surface area contributed by atoms with Gasteiger partial charge in [0.1, 0.15) is 5.69 Å². The number of oxazole rings is 1. The van der Waals surface area contributed by atoms with E-state index in [2.05, 4.69) is 24.1 Å². The Morgan fingerprint density at radius 1 is 1.57 bits per heavy atom. The van der Waals surface area contributed by atoms with Crippen LogP contribution in [0.25, 0.3) is 0 Å². The van der Waals surface area contributed by atoms with Crippen LogP contribution in [0.4, 0.5) is 5.88 Å². The zero-order valence-corrected chi connectivity index (χ0v) is 9.05. The Labute approximate surface area is 83.7 Å². The zero-order chi connectivity index (χ0) is 10.7. The Kier molecular flexibility index (Phi) is 3.28. The van der Waals surface area contributed by atoms with Crippen molar-refractivity contribution in [2.45, 2.75) is 34.1 Å². The third-order valence-electron chi connectivity index (χ3n) is 1.70. The monoisotopic (exact) mass is 196 g/mol. The second kappa shape index (κ2) is 4.26. The number of carbonyl (C=O) groups is 1. The van der Waals surface area contributed by atoms with Crippen molar-refractivity contribution in [3.63, 3.8) is 0 Å². The molecule has 1 heterocycles. The lowest BCUT2D eigenvalue weighted by atomic mass is 10.1. The molecule has 0 aliphatic carbocycles. The molecule has 1 aromatic heterocycles. The van der Waals surface area contributed by atoms with Crippen LogP contribution < -0.4 is 5.32 Å². The van der Waals surface area contributed by atoms with Crippen LogP contribution in [0.1, 0.15) is 32.4 Å². The number of amides is 1. The van der Waals surface area contributed by atoms with E-state index in [-0.39, 0.29) is 5.91 Å². The van der Waals surface area contributed by atoms with Gasteiger partial charge in [0.25, 0.3) is 0 Å². The minimum atomic E-state index is -0.133. The van der Waals surface area contributed by atoms with Crippen molar-refractivity contribution >= 4 is 11.8 Å². The highest BCUT2D eigenvalue weighted by Gasteiger charge is 2.13. The van der Waals surface area contributed by atoms with Crippen LogP contribution in [-0.4, -0.2) is 10.9 Å². The second-order valence-corrected chi connectivity index (χ2v) is 3.79. The summed E-state index contributed by atoms with van der Waals surface area (Å²) in [6.07, 6.45) is 0.812. The molecular weight excluding hydrogens is 180 g/mol. The van der Waals surface area contributed by atoms with Gasteiger partial charge in [-0.05, 0) is 12.3 Å². The number of carbonyl (C=O) groups excluding carboxylic acids is 1. The smallest absolute Gasteiger partial charge is 0.223 e. The summed E-state index contributed by atoms with van der Waals surface area (Å²) >= 11 is 0. The number of aryl methyl sites for hydroxylation is 1. The predicted molar refractivity (Wildman–Crippen MR) is 54.1 cm³/mol. The molecule has 4 nitrogen and oxygen atoms in total. The molecular formula is C10H16N2O2. The van der Waals surface area contributed by atoms with Crippen LogP contribution in [0, 0.1) is 12.8 Å². The Hall–Kier alpha value is -1.32. The van der Waals surface area contributed by atoms with E-state index in [0.29, 0.717) is 17.7 Å². The number of hydrogen-bond donors (Lipinski definition) is 1. The first-order valence-corrected chi connectivity index (χ1v) is 4.73. The number of anilines is 1. The molecule has 0 saturated carbocycles. The summed E-state index contributed by atoms with van der Waals surface area (Å²) in [5, 5.41) is 2.63. The topological polar surface area (TPSA) is 55.1 Å². The van der Waals surface area contributed by atoms with E-state index in [9.17, 15) is 4.79 Å². The fourth-order valence-corrected chi connectivity index (χ4v) is 1.25. The molecule has 0 spiro atoms. The average molecular weight is 196 g/mol. The highest BCUT2D eigenvalue weighted by Crippen LogP contribution is 2.19. The predicted octanol–water partition coefficient (Wildman–Crippen LogP) is 2.14. The number of rotatable bonds is 3. The molecule has 1 amide bonds. The third kappa shape index (κ3) is 2.87. The van der Waals surface area contributed by atoms with Gasteiger partial charge in [-0.1, -0.05) is 13.8 Å². The molecule has 0 atom stereocenters. The number of aromatic nitrogens is 1. The Bertz CT molecular complexity index is 329. The maximum absolute atomic E-state index is 10.9. The highest BCUT2D eigenvalue weighted by molar-refractivity contribution is 5.87. The molecule has 1 rings (SSSR count). The molecule has 0 aliphatic rings. The minimum absolute atomic E-state index is 0.133. The lowest BCUT2D eigenvalue weighted by Gasteiger charge is -2.03. The van der Waals surface area contributed by atoms with Crippen LogP contribution in [-0.2, 0) is 11.2 Å². The Morgan fingerprint density at radius 3 is 2.71 bits per heavy atom. The van der Waals surface area contributed by atoms with E-state index in [1.54, 1.807) is 6.92 Å². The van der Waals surface area contributed by atoms with Gasteiger partial charge in [0.15, 0.2) is 5.89 Å². The summed E-state index contributed by atoms with van der Waals surface area (Å²) in [6, 6.07) is 0. The first kappa shape index (κ1) is 10.8. The summed E-state index contributed by atoms with van der Waals surface area (Å²) in [4.78, 5) is 15.1. The molecule has 0 bridgehead atoms. The molecule has 0 radical (unpaired) electrons. The number of nitrogens with zero attached hydrogens (tertiary/aromatic N) is 1. The maximum Gasteiger partial charge on any atom is 0.223 e. The van der Waals surface area contributed by atoms with Gasteiger partial charge in [-0.2, -0.15) is 0 Å². The normalized spacial score (nSPS) is 10.6. The van der Waals surface area contributed by atoms with Crippen molar-refractivity contribution in [1.82, 2.24) is 4.98 Å². The molecule has 1 aromatic rings. The van der Waals surface area contributed by atoms with E-state index in [0.717, 1.165) is 12.1 Å². The van der Waals surface area contributed by atoms with Gasteiger partial charge in [-0.25, -0.2) is 4.98 Å². The van der Waals surface area contributed by atoms with Gasteiger partial charge in [0.2, 0.25) is 11.8 Å². The van der Waals surface area contributed by atoms with Crippen LogP contribution in [0.3, 0.4) is 0 Å². The largest absolute Gasteiger partial charge is 0.425 e. The van der Waals surface area contributed by atoms with Gasteiger partial charge in [0, 0.05) is 13.8 Å².